The Morgan fingerprint density at radius 1 is 1.26 bits per heavy atom. The molecule has 166 valence electrons. The van der Waals surface area contributed by atoms with Crippen molar-refractivity contribution in [3.8, 4) is 5.75 Å². The summed E-state index contributed by atoms with van der Waals surface area (Å²) < 4.78 is 10.5. The van der Waals surface area contributed by atoms with Gasteiger partial charge in [-0.1, -0.05) is 18.2 Å². The molecule has 0 saturated carbocycles. The first-order valence-electron chi connectivity index (χ1n) is 9.79. The zero-order valence-electron chi connectivity index (χ0n) is 17.4. The number of carbonyl (C=O) groups is 4. The molecule has 2 amide bonds. The predicted molar refractivity (Wildman–Crippen MR) is 112 cm³/mol. The molecular formula is C21H24N2O7S. The molecule has 31 heavy (non-hydrogen) atoms. The molecule has 3 rings (SSSR count). The number of thioether (sulfide) groups is 1. The molecule has 0 spiro atoms. The maximum atomic E-state index is 12.6. The van der Waals surface area contributed by atoms with Crippen LogP contribution in [0.25, 0.3) is 0 Å². The number of hydrogen-bond donors (Lipinski definition) is 2. The number of carboxylic acid groups (broad SMARTS) is 1. The molecule has 2 aliphatic rings. The molecule has 1 saturated heterocycles. The molecule has 10 heteroatoms. The summed E-state index contributed by atoms with van der Waals surface area (Å²) in [7, 11) is 0. The molecule has 1 aromatic carbocycles. The highest BCUT2D eigenvalue weighted by Gasteiger charge is 2.57. The zero-order chi connectivity index (χ0) is 22.7. The van der Waals surface area contributed by atoms with Crippen LogP contribution < -0.4 is 10.1 Å². The van der Waals surface area contributed by atoms with Crippen LogP contribution in [0.15, 0.2) is 40.9 Å². The highest BCUT2D eigenvalue weighted by molar-refractivity contribution is 8.03. The normalized spacial score (nSPS) is 21.6. The fourth-order valence-electron chi connectivity index (χ4n) is 3.83. The van der Waals surface area contributed by atoms with E-state index in [1.165, 1.54) is 23.6 Å². The molecular weight excluding hydrogens is 424 g/mol. The number of carboxylic acids is 1. The molecule has 0 aromatic heterocycles. The number of β-lactam (4-membered cyclic amide) rings is 1. The summed E-state index contributed by atoms with van der Waals surface area (Å²) >= 11 is 1.18. The molecule has 1 fully saturated rings. The van der Waals surface area contributed by atoms with Gasteiger partial charge in [-0.05, 0) is 26.0 Å². The number of fused-ring (bicyclic) bond motifs is 1. The third-order valence-electron chi connectivity index (χ3n) is 5.02. The average molecular weight is 448 g/mol. The van der Waals surface area contributed by atoms with Gasteiger partial charge in [-0.2, -0.15) is 0 Å². The Balaban J connectivity index is 1.60. The van der Waals surface area contributed by atoms with Crippen LogP contribution in [0, 0.1) is 5.92 Å². The van der Waals surface area contributed by atoms with Gasteiger partial charge in [-0.3, -0.25) is 14.4 Å². The van der Waals surface area contributed by atoms with Crippen molar-refractivity contribution in [2.45, 2.75) is 44.7 Å². The highest BCUT2D eigenvalue weighted by atomic mass is 32.2. The summed E-state index contributed by atoms with van der Waals surface area (Å²) in [6.45, 7) is 4.45. The average Bonchev–Trinajstić information content (AvgIpc) is 3.00. The van der Waals surface area contributed by atoms with Gasteiger partial charge in [0.2, 0.25) is 5.91 Å². The summed E-state index contributed by atoms with van der Waals surface area (Å²) in [6.07, 6.45) is -0.312. The maximum absolute atomic E-state index is 12.6. The molecule has 2 aliphatic heterocycles. The van der Waals surface area contributed by atoms with Crippen LogP contribution in [0.4, 0.5) is 0 Å². The largest absolute Gasteiger partial charge is 0.484 e. The van der Waals surface area contributed by atoms with Gasteiger partial charge in [0.1, 0.15) is 17.6 Å². The van der Waals surface area contributed by atoms with Crippen LogP contribution in [-0.4, -0.2) is 57.9 Å². The SMILES string of the molecule is CC(=O)O[C@@H](C)[C@H]1C(=O)N2C(C(=O)O)=C(SC(C)NC(=O)COc3ccccc3)C[C@H]12. The number of esters is 1. The topological polar surface area (TPSA) is 122 Å². The Kier molecular flexibility index (Phi) is 6.89. The number of rotatable bonds is 9. The zero-order valence-corrected chi connectivity index (χ0v) is 18.2. The third-order valence-corrected chi connectivity index (χ3v) is 6.14. The van der Waals surface area contributed by atoms with Crippen molar-refractivity contribution in [2.75, 3.05) is 6.61 Å². The Labute approximate surface area is 183 Å². The predicted octanol–water partition coefficient (Wildman–Crippen LogP) is 1.74. The smallest absolute Gasteiger partial charge is 0.353 e. The van der Waals surface area contributed by atoms with Crippen LogP contribution in [-0.2, 0) is 23.9 Å². The summed E-state index contributed by atoms with van der Waals surface area (Å²) in [5.74, 6) is -2.43. The van der Waals surface area contributed by atoms with Crippen molar-refractivity contribution in [3.63, 3.8) is 0 Å². The molecule has 0 bridgehead atoms. The highest BCUT2D eigenvalue weighted by Crippen LogP contribution is 2.48. The van der Waals surface area contributed by atoms with Crippen LogP contribution in [0.1, 0.15) is 27.2 Å². The van der Waals surface area contributed by atoms with Crippen molar-refractivity contribution >= 4 is 35.5 Å². The van der Waals surface area contributed by atoms with Gasteiger partial charge in [-0.25, -0.2) is 4.79 Å². The van der Waals surface area contributed by atoms with Crippen LogP contribution in [0.2, 0.25) is 0 Å². The third kappa shape index (κ3) is 5.01. The van der Waals surface area contributed by atoms with E-state index in [4.69, 9.17) is 9.47 Å². The molecule has 0 aliphatic carbocycles. The lowest BCUT2D eigenvalue weighted by molar-refractivity contribution is -0.169. The van der Waals surface area contributed by atoms with Gasteiger partial charge in [0.15, 0.2) is 6.61 Å². The van der Waals surface area contributed by atoms with E-state index in [1.54, 1.807) is 38.1 Å². The molecule has 4 atom stereocenters. The molecule has 1 aromatic rings. The van der Waals surface area contributed by atoms with E-state index in [9.17, 15) is 24.3 Å². The fraction of sp³-hybridized carbons (Fsp3) is 0.429. The van der Waals surface area contributed by atoms with Crippen molar-refractivity contribution in [3.05, 3.63) is 40.9 Å². The molecule has 2 N–H and O–H groups in total. The van der Waals surface area contributed by atoms with Gasteiger partial charge in [0, 0.05) is 18.2 Å². The van der Waals surface area contributed by atoms with Crippen molar-refractivity contribution in [2.24, 2.45) is 5.92 Å². The van der Waals surface area contributed by atoms with Crippen molar-refractivity contribution < 1.29 is 33.8 Å². The number of nitrogens with zero attached hydrogens (tertiary/aromatic N) is 1. The number of ether oxygens (including phenoxy) is 2. The van der Waals surface area contributed by atoms with E-state index in [-0.39, 0.29) is 30.2 Å². The van der Waals surface area contributed by atoms with Gasteiger partial charge >= 0.3 is 11.9 Å². The van der Waals surface area contributed by atoms with E-state index in [0.717, 1.165) is 0 Å². The molecule has 1 unspecified atom stereocenters. The lowest BCUT2D eigenvalue weighted by Gasteiger charge is -2.45. The minimum Gasteiger partial charge on any atom is -0.484 e. The Bertz CT molecular complexity index is 918. The Morgan fingerprint density at radius 3 is 2.55 bits per heavy atom. The Morgan fingerprint density at radius 2 is 1.94 bits per heavy atom. The van der Waals surface area contributed by atoms with Crippen LogP contribution >= 0.6 is 11.8 Å². The molecule has 0 radical (unpaired) electrons. The van der Waals surface area contributed by atoms with E-state index in [2.05, 4.69) is 5.32 Å². The number of benzene rings is 1. The number of aliphatic carboxylic acids is 1. The Hall–Kier alpha value is -3.01. The van der Waals surface area contributed by atoms with Crippen molar-refractivity contribution in [1.82, 2.24) is 10.2 Å². The first-order chi connectivity index (χ1) is 14.7. The number of carbonyl (C=O) groups excluding carboxylic acids is 3. The second-order valence-electron chi connectivity index (χ2n) is 7.33. The summed E-state index contributed by atoms with van der Waals surface area (Å²) in [4.78, 5) is 49.5. The first kappa shape index (κ1) is 22.7. The van der Waals surface area contributed by atoms with Gasteiger partial charge in [0.05, 0.1) is 17.3 Å². The van der Waals surface area contributed by atoms with E-state index in [1.807, 2.05) is 6.07 Å². The summed E-state index contributed by atoms with van der Waals surface area (Å²) in [6, 6.07) is 8.54. The fourth-order valence-corrected chi connectivity index (χ4v) is 5.02. The lowest BCUT2D eigenvalue weighted by Crippen LogP contribution is -2.62. The number of para-hydroxylation sites is 1. The molecule has 9 nitrogen and oxygen atoms in total. The quantitative estimate of drug-likeness (QED) is 0.333. The minimum absolute atomic E-state index is 0.0760. The number of hydrogen-bond acceptors (Lipinski definition) is 7. The maximum Gasteiger partial charge on any atom is 0.353 e. The summed E-state index contributed by atoms with van der Waals surface area (Å²) in [5, 5.41) is 12.0. The van der Waals surface area contributed by atoms with Crippen LogP contribution in [0.5, 0.6) is 5.75 Å². The van der Waals surface area contributed by atoms with Crippen molar-refractivity contribution in [1.29, 1.82) is 0 Å². The second-order valence-corrected chi connectivity index (χ2v) is 8.76. The monoisotopic (exact) mass is 448 g/mol. The molecule has 2 heterocycles. The lowest BCUT2D eigenvalue weighted by atomic mass is 9.83. The van der Waals surface area contributed by atoms with Crippen LogP contribution in [0.3, 0.4) is 0 Å². The first-order valence-corrected chi connectivity index (χ1v) is 10.7. The van der Waals surface area contributed by atoms with Gasteiger partial charge < -0.3 is 24.8 Å². The van der Waals surface area contributed by atoms with E-state index >= 15 is 0 Å². The number of nitrogens with one attached hydrogen (secondary N) is 1. The second kappa shape index (κ2) is 9.42. The number of amides is 2. The minimum atomic E-state index is -1.21. The van der Waals surface area contributed by atoms with E-state index < -0.39 is 29.3 Å². The van der Waals surface area contributed by atoms with Gasteiger partial charge in [-0.15, -0.1) is 11.8 Å². The standard InChI is InChI=1S/C21H24N2O7S/c1-11(30-13(3)24)18-15-9-16(19(21(27)28)23(15)20(18)26)31-12(2)22-17(25)10-29-14-7-5-4-6-8-14/h4-8,11-12,15,18H,9-10H2,1-3H3,(H,22,25)(H,27,28)/t11-,12?,15+,18+/m0/s1. The summed E-state index contributed by atoms with van der Waals surface area (Å²) in [5.41, 5.74) is -0.0760. The van der Waals surface area contributed by atoms with E-state index in [0.29, 0.717) is 17.1 Å². The van der Waals surface area contributed by atoms with Gasteiger partial charge in [0.25, 0.3) is 5.91 Å².